The van der Waals surface area contributed by atoms with Gasteiger partial charge >= 0.3 is 0 Å². The molecular weight excluding hydrogens is 276 g/mol. The Bertz CT molecular complexity index is 556. The highest BCUT2D eigenvalue weighted by molar-refractivity contribution is 6.28. The van der Waals surface area contributed by atoms with Gasteiger partial charge in [0.1, 0.15) is 11.5 Å². The predicted octanol–water partition coefficient (Wildman–Crippen LogP) is 2.67. The molecule has 2 N–H and O–H groups in total. The Balaban J connectivity index is 2.14. The Hall–Kier alpha value is -1.69. The van der Waals surface area contributed by atoms with Crippen molar-refractivity contribution in [2.45, 2.75) is 44.7 Å². The smallest absolute Gasteiger partial charge is 0.224 e. The normalized spacial score (nSPS) is 22.5. The summed E-state index contributed by atoms with van der Waals surface area (Å²) in [6.07, 6.45) is 7.01. The largest absolute Gasteiger partial charge is 0.342 e. The van der Waals surface area contributed by atoms with E-state index in [0.29, 0.717) is 17.6 Å². The molecule has 1 saturated carbocycles. The van der Waals surface area contributed by atoms with Gasteiger partial charge in [0, 0.05) is 6.04 Å². The zero-order valence-corrected chi connectivity index (χ0v) is 12.1. The van der Waals surface area contributed by atoms with E-state index in [1.54, 1.807) is 6.20 Å². The van der Waals surface area contributed by atoms with Crippen LogP contribution in [-0.4, -0.2) is 34.2 Å². The number of aromatic nitrogens is 2. The van der Waals surface area contributed by atoms with Crippen LogP contribution < -0.4 is 9.80 Å². The number of halogens is 1. The molecule has 0 bridgehead atoms. The summed E-state index contributed by atoms with van der Waals surface area (Å²) in [5, 5.41) is 16.1. The zero-order valence-electron chi connectivity index (χ0n) is 11.3. The van der Waals surface area contributed by atoms with Crippen molar-refractivity contribution in [3.63, 3.8) is 0 Å². The molecule has 1 fully saturated rings. The minimum Gasteiger partial charge on any atom is -0.342 e. The molecule has 6 nitrogen and oxygen atoms in total. The van der Waals surface area contributed by atoms with Crippen LogP contribution in [0.4, 0.5) is 11.5 Å². The molecule has 2 aliphatic rings. The molecule has 1 aromatic heterocycles. The highest BCUT2D eigenvalue weighted by atomic mass is 35.5. The van der Waals surface area contributed by atoms with Crippen molar-refractivity contribution in [1.82, 2.24) is 9.97 Å². The van der Waals surface area contributed by atoms with E-state index in [-0.39, 0.29) is 11.3 Å². The van der Waals surface area contributed by atoms with E-state index in [1.807, 2.05) is 0 Å². The second-order valence-corrected chi connectivity index (χ2v) is 5.49. The summed E-state index contributed by atoms with van der Waals surface area (Å²) in [5.74, 6) is 1.16. The first-order valence-electron chi connectivity index (χ1n) is 6.86. The van der Waals surface area contributed by atoms with E-state index in [9.17, 15) is 0 Å². The van der Waals surface area contributed by atoms with Gasteiger partial charge in [-0.05, 0) is 37.3 Å². The fourth-order valence-corrected chi connectivity index (χ4v) is 3.03. The fraction of sp³-hybridized carbons (Fsp3) is 0.538. The summed E-state index contributed by atoms with van der Waals surface area (Å²) < 4.78 is 0. The van der Waals surface area contributed by atoms with Crippen LogP contribution in [0.1, 0.15) is 32.6 Å². The summed E-state index contributed by atoms with van der Waals surface area (Å²) in [6, 6.07) is 0.360. The number of nitrogens with one attached hydrogen (secondary N) is 2. The Morgan fingerprint density at radius 2 is 2.25 bits per heavy atom. The van der Waals surface area contributed by atoms with Crippen LogP contribution in [0.5, 0.6) is 0 Å². The SMILES string of the molecule is CCC1C(=N)N(C=N)c2cnc(Cl)nc2N1C1CCC1. The maximum absolute atomic E-state index is 8.36. The molecule has 106 valence electrons. The van der Waals surface area contributed by atoms with Gasteiger partial charge in [-0.3, -0.25) is 15.7 Å². The number of hydrogen-bond donors (Lipinski definition) is 2. The van der Waals surface area contributed by atoms with E-state index in [0.717, 1.165) is 31.4 Å². The second kappa shape index (κ2) is 5.01. The van der Waals surface area contributed by atoms with E-state index in [1.165, 1.54) is 11.3 Å². The highest BCUT2D eigenvalue weighted by Crippen LogP contribution is 2.40. The molecule has 1 aliphatic heterocycles. The molecule has 0 aromatic carbocycles. The van der Waals surface area contributed by atoms with Gasteiger partial charge in [-0.25, -0.2) is 4.98 Å². The van der Waals surface area contributed by atoms with Crippen molar-refractivity contribution in [3.8, 4) is 0 Å². The first-order valence-corrected chi connectivity index (χ1v) is 7.24. The zero-order chi connectivity index (χ0) is 14.3. The van der Waals surface area contributed by atoms with Crippen LogP contribution in [0.25, 0.3) is 0 Å². The van der Waals surface area contributed by atoms with Crippen LogP contribution in [0, 0.1) is 10.8 Å². The van der Waals surface area contributed by atoms with Crippen LogP contribution >= 0.6 is 11.6 Å². The predicted molar refractivity (Wildman–Crippen MR) is 80.2 cm³/mol. The van der Waals surface area contributed by atoms with Crippen molar-refractivity contribution in [3.05, 3.63) is 11.5 Å². The molecule has 0 spiro atoms. The van der Waals surface area contributed by atoms with Gasteiger partial charge in [-0.2, -0.15) is 4.98 Å². The van der Waals surface area contributed by atoms with E-state index >= 15 is 0 Å². The molecule has 3 rings (SSSR count). The Morgan fingerprint density at radius 1 is 1.50 bits per heavy atom. The molecule has 0 radical (unpaired) electrons. The Morgan fingerprint density at radius 3 is 2.80 bits per heavy atom. The van der Waals surface area contributed by atoms with Gasteiger partial charge in [0.25, 0.3) is 0 Å². The average Bonchev–Trinajstić information content (AvgIpc) is 2.38. The second-order valence-electron chi connectivity index (χ2n) is 5.15. The van der Waals surface area contributed by atoms with E-state index < -0.39 is 0 Å². The topological polar surface area (TPSA) is 80.0 Å². The van der Waals surface area contributed by atoms with Crippen molar-refractivity contribution < 1.29 is 0 Å². The van der Waals surface area contributed by atoms with Gasteiger partial charge in [0.2, 0.25) is 5.28 Å². The number of fused-ring (bicyclic) bond motifs is 1. The summed E-state index contributed by atoms with van der Waals surface area (Å²) in [6.45, 7) is 2.06. The molecule has 0 saturated heterocycles. The number of amidine groups is 1. The van der Waals surface area contributed by atoms with Crippen molar-refractivity contribution >= 4 is 35.3 Å². The number of hydrogen-bond acceptors (Lipinski definition) is 5. The average molecular weight is 293 g/mol. The van der Waals surface area contributed by atoms with Gasteiger partial charge in [0.05, 0.1) is 18.6 Å². The van der Waals surface area contributed by atoms with Gasteiger partial charge in [0.15, 0.2) is 5.82 Å². The van der Waals surface area contributed by atoms with Crippen molar-refractivity contribution in [2.75, 3.05) is 9.80 Å². The molecule has 7 heteroatoms. The quantitative estimate of drug-likeness (QED) is 0.510. The first-order chi connectivity index (χ1) is 9.67. The Labute approximate surface area is 122 Å². The summed E-state index contributed by atoms with van der Waals surface area (Å²) in [5.41, 5.74) is 0.672. The minimum absolute atomic E-state index is 0.0552. The van der Waals surface area contributed by atoms with Crippen LogP contribution in [0.15, 0.2) is 6.20 Å². The van der Waals surface area contributed by atoms with Crippen LogP contribution in [0.2, 0.25) is 5.28 Å². The van der Waals surface area contributed by atoms with Crippen LogP contribution in [0.3, 0.4) is 0 Å². The number of anilines is 2. The number of nitrogens with zero attached hydrogens (tertiary/aromatic N) is 4. The van der Waals surface area contributed by atoms with Gasteiger partial charge < -0.3 is 4.90 Å². The third kappa shape index (κ3) is 1.86. The van der Waals surface area contributed by atoms with E-state index in [4.69, 9.17) is 22.4 Å². The summed E-state index contributed by atoms with van der Waals surface area (Å²) in [4.78, 5) is 12.1. The van der Waals surface area contributed by atoms with Gasteiger partial charge in [-0.1, -0.05) is 6.92 Å². The molecule has 1 atom stereocenters. The minimum atomic E-state index is -0.0552. The molecule has 1 aromatic rings. The maximum atomic E-state index is 8.36. The van der Waals surface area contributed by atoms with Gasteiger partial charge in [-0.15, -0.1) is 0 Å². The highest BCUT2D eigenvalue weighted by Gasteiger charge is 2.40. The lowest BCUT2D eigenvalue weighted by atomic mass is 9.88. The molecule has 1 unspecified atom stereocenters. The molecule has 20 heavy (non-hydrogen) atoms. The number of rotatable bonds is 3. The summed E-state index contributed by atoms with van der Waals surface area (Å²) >= 11 is 5.95. The van der Waals surface area contributed by atoms with Crippen molar-refractivity contribution in [1.29, 1.82) is 10.8 Å². The Kier molecular flexibility index (Phi) is 3.33. The lowest BCUT2D eigenvalue weighted by Gasteiger charge is -2.48. The fourth-order valence-electron chi connectivity index (χ4n) is 2.90. The third-order valence-corrected chi connectivity index (χ3v) is 4.30. The first kappa shape index (κ1) is 13.3. The molecule has 0 amide bonds. The monoisotopic (exact) mass is 292 g/mol. The lowest BCUT2D eigenvalue weighted by Crippen LogP contribution is -2.58. The molecular formula is C13H17ClN6. The van der Waals surface area contributed by atoms with E-state index in [2.05, 4.69) is 21.8 Å². The lowest BCUT2D eigenvalue weighted by molar-refractivity contribution is 0.369. The molecule has 1 aliphatic carbocycles. The summed E-state index contributed by atoms with van der Waals surface area (Å²) in [7, 11) is 0. The van der Waals surface area contributed by atoms with Crippen LogP contribution in [-0.2, 0) is 0 Å². The standard InChI is InChI=1S/C13H17ClN6/c1-2-9-11(16)19(7-15)10-6-17-13(14)18-12(10)20(9)8-4-3-5-8/h6-9,15-16H,2-5H2,1H3. The molecule has 2 heterocycles. The maximum Gasteiger partial charge on any atom is 0.224 e. The van der Waals surface area contributed by atoms with Crippen molar-refractivity contribution in [2.24, 2.45) is 0 Å². The third-order valence-electron chi connectivity index (χ3n) is 4.12.